The van der Waals surface area contributed by atoms with E-state index in [2.05, 4.69) is 0 Å². The predicted octanol–water partition coefficient (Wildman–Crippen LogP) is 2.10. The standard InChI is InChI=1S/C17H24O6S2/c18-16-8-6-14(22-16)4-1-10-24(20)12-3-13-25(21)11-2-5-15-7-9-17(19)23-15/h6-7H,1-5,8-13H2. The number of rotatable bonds is 12. The number of cyclic esters (lactones) is 2. The van der Waals surface area contributed by atoms with Crippen molar-refractivity contribution in [2.75, 3.05) is 23.0 Å². The van der Waals surface area contributed by atoms with Crippen molar-refractivity contribution in [2.24, 2.45) is 0 Å². The molecule has 0 amide bonds. The molecule has 0 fully saturated rings. The normalized spacial score (nSPS) is 19.2. The number of carbonyl (C=O) groups excluding carboxylic acids is 2. The van der Waals surface area contributed by atoms with E-state index in [9.17, 15) is 18.0 Å². The summed E-state index contributed by atoms with van der Waals surface area (Å²) >= 11 is 0. The van der Waals surface area contributed by atoms with Gasteiger partial charge in [0.1, 0.15) is 11.5 Å². The Morgan fingerprint density at radius 2 is 1.12 bits per heavy atom. The van der Waals surface area contributed by atoms with E-state index >= 15 is 0 Å². The molecule has 2 rings (SSSR count). The van der Waals surface area contributed by atoms with Crippen LogP contribution in [0.1, 0.15) is 44.9 Å². The van der Waals surface area contributed by atoms with Crippen LogP contribution in [0.5, 0.6) is 0 Å². The molecule has 0 aliphatic carbocycles. The number of allylic oxidation sites excluding steroid dienone is 2. The smallest absolute Gasteiger partial charge is 0.314 e. The third-order valence-electron chi connectivity index (χ3n) is 3.82. The fourth-order valence-corrected chi connectivity index (χ4v) is 5.02. The maximum Gasteiger partial charge on any atom is 0.314 e. The summed E-state index contributed by atoms with van der Waals surface area (Å²) in [6, 6.07) is 0. The zero-order chi connectivity index (χ0) is 18.1. The van der Waals surface area contributed by atoms with E-state index in [0.29, 0.717) is 66.6 Å². The van der Waals surface area contributed by atoms with Crippen LogP contribution in [-0.4, -0.2) is 43.4 Å². The molecule has 140 valence electrons. The number of hydrogen-bond donors (Lipinski definition) is 0. The lowest BCUT2D eigenvalue weighted by molar-refractivity contribution is -0.137. The first-order valence-electron chi connectivity index (χ1n) is 8.52. The zero-order valence-electron chi connectivity index (χ0n) is 14.2. The molecule has 0 spiro atoms. The van der Waals surface area contributed by atoms with Gasteiger partial charge >= 0.3 is 11.9 Å². The molecule has 0 bridgehead atoms. The van der Waals surface area contributed by atoms with Gasteiger partial charge in [0.15, 0.2) is 0 Å². The Hall–Kier alpha value is -1.28. The molecule has 8 heteroatoms. The highest BCUT2D eigenvalue weighted by Gasteiger charge is 2.15. The van der Waals surface area contributed by atoms with Crippen LogP contribution >= 0.6 is 0 Å². The summed E-state index contributed by atoms with van der Waals surface area (Å²) in [7, 11) is -1.85. The Morgan fingerprint density at radius 1 is 0.720 bits per heavy atom. The molecule has 0 aromatic heterocycles. The molecule has 0 saturated heterocycles. The highest BCUT2D eigenvalue weighted by molar-refractivity contribution is 7.85. The highest BCUT2D eigenvalue weighted by atomic mass is 32.2. The van der Waals surface area contributed by atoms with Crippen molar-refractivity contribution in [3.8, 4) is 0 Å². The molecule has 2 unspecified atom stereocenters. The molecule has 2 heterocycles. The second-order valence-corrected chi connectivity index (χ2v) is 9.35. The first-order chi connectivity index (χ1) is 12.0. The van der Waals surface area contributed by atoms with Crippen molar-refractivity contribution in [3.63, 3.8) is 0 Å². The molecule has 25 heavy (non-hydrogen) atoms. The van der Waals surface area contributed by atoms with Gasteiger partial charge in [0.05, 0.1) is 12.8 Å². The van der Waals surface area contributed by atoms with Gasteiger partial charge in [-0.2, -0.15) is 0 Å². The number of ether oxygens (including phenoxy) is 2. The van der Waals surface area contributed by atoms with E-state index in [1.165, 1.54) is 0 Å². The first-order valence-corrected chi connectivity index (χ1v) is 11.5. The maximum absolute atomic E-state index is 11.9. The van der Waals surface area contributed by atoms with Gasteiger partial charge in [-0.15, -0.1) is 0 Å². The third-order valence-corrected chi connectivity index (χ3v) is 6.79. The summed E-state index contributed by atoms with van der Waals surface area (Å²) < 4.78 is 33.8. The third kappa shape index (κ3) is 8.09. The van der Waals surface area contributed by atoms with Gasteiger partial charge in [0, 0.05) is 57.5 Å². The molecule has 2 atom stereocenters. The van der Waals surface area contributed by atoms with Crippen LogP contribution in [0, 0.1) is 0 Å². The second kappa shape index (κ2) is 10.7. The summed E-state index contributed by atoms with van der Waals surface area (Å²) in [5.41, 5.74) is 0. The number of carbonyl (C=O) groups is 2. The minimum atomic E-state index is -0.926. The fraction of sp³-hybridized carbons (Fsp3) is 0.647. The van der Waals surface area contributed by atoms with Gasteiger partial charge in [-0.05, 0) is 31.4 Å². The minimum Gasteiger partial charge on any atom is -0.431 e. The Balaban J connectivity index is 1.45. The van der Waals surface area contributed by atoms with Crippen molar-refractivity contribution in [1.82, 2.24) is 0 Å². The van der Waals surface area contributed by atoms with E-state index in [4.69, 9.17) is 9.47 Å². The van der Waals surface area contributed by atoms with Crippen LogP contribution in [0.3, 0.4) is 0 Å². The minimum absolute atomic E-state index is 0.221. The highest BCUT2D eigenvalue weighted by Crippen LogP contribution is 2.17. The molecule has 2 aliphatic heterocycles. The van der Waals surface area contributed by atoms with E-state index < -0.39 is 21.6 Å². The summed E-state index contributed by atoms with van der Waals surface area (Å²) in [5, 5.41) is 0. The van der Waals surface area contributed by atoms with Crippen molar-refractivity contribution >= 4 is 33.5 Å². The van der Waals surface area contributed by atoms with Crippen LogP contribution in [-0.2, 0) is 40.7 Å². The van der Waals surface area contributed by atoms with E-state index in [1.807, 2.05) is 0 Å². The van der Waals surface area contributed by atoms with Gasteiger partial charge in [-0.1, -0.05) is 0 Å². The quantitative estimate of drug-likeness (QED) is 0.476. The van der Waals surface area contributed by atoms with Crippen LogP contribution in [0.4, 0.5) is 0 Å². The summed E-state index contributed by atoms with van der Waals surface area (Å²) in [5.74, 6) is 3.17. The average molecular weight is 389 g/mol. The summed E-state index contributed by atoms with van der Waals surface area (Å²) in [6.07, 6.45) is 7.63. The molecular formula is C17H24O6S2. The Kier molecular flexibility index (Phi) is 8.54. The predicted molar refractivity (Wildman–Crippen MR) is 96.4 cm³/mol. The van der Waals surface area contributed by atoms with Gasteiger partial charge in [-0.25, -0.2) is 0 Å². The lowest BCUT2D eigenvalue weighted by Gasteiger charge is -2.05. The van der Waals surface area contributed by atoms with Gasteiger partial charge < -0.3 is 9.47 Å². The zero-order valence-corrected chi connectivity index (χ0v) is 15.8. The van der Waals surface area contributed by atoms with Crippen molar-refractivity contribution in [3.05, 3.63) is 23.7 Å². The molecule has 2 aliphatic rings. The van der Waals surface area contributed by atoms with Gasteiger partial charge in [-0.3, -0.25) is 18.0 Å². The molecule has 0 aromatic carbocycles. The Morgan fingerprint density at radius 3 is 1.48 bits per heavy atom. The van der Waals surface area contributed by atoms with Gasteiger partial charge in [0.25, 0.3) is 0 Å². The molecule has 0 aromatic rings. The Bertz CT molecular complexity index is 556. The van der Waals surface area contributed by atoms with Gasteiger partial charge in [0.2, 0.25) is 0 Å². The molecule has 6 nitrogen and oxygen atoms in total. The lowest BCUT2D eigenvalue weighted by Crippen LogP contribution is -2.09. The van der Waals surface area contributed by atoms with Crippen molar-refractivity contribution in [2.45, 2.75) is 44.9 Å². The average Bonchev–Trinajstić information content (AvgIpc) is 3.16. The topological polar surface area (TPSA) is 86.7 Å². The summed E-state index contributed by atoms with van der Waals surface area (Å²) in [6.45, 7) is 0. The summed E-state index contributed by atoms with van der Waals surface area (Å²) in [4.78, 5) is 21.9. The number of esters is 2. The monoisotopic (exact) mass is 388 g/mol. The van der Waals surface area contributed by atoms with Crippen LogP contribution < -0.4 is 0 Å². The number of hydrogen-bond acceptors (Lipinski definition) is 6. The Labute approximate surface area is 152 Å². The molecule has 0 saturated carbocycles. The van der Waals surface area contributed by atoms with Crippen LogP contribution in [0.15, 0.2) is 23.7 Å². The lowest BCUT2D eigenvalue weighted by atomic mass is 10.3. The molecule has 0 N–H and O–H groups in total. The second-order valence-electron chi connectivity index (χ2n) is 5.95. The largest absolute Gasteiger partial charge is 0.431 e. The van der Waals surface area contributed by atoms with Crippen molar-refractivity contribution < 1.29 is 27.5 Å². The van der Waals surface area contributed by atoms with Crippen LogP contribution in [0.2, 0.25) is 0 Å². The van der Waals surface area contributed by atoms with E-state index in [0.717, 1.165) is 12.8 Å². The van der Waals surface area contributed by atoms with E-state index in [1.54, 1.807) is 12.2 Å². The van der Waals surface area contributed by atoms with Crippen LogP contribution in [0.25, 0.3) is 0 Å². The van der Waals surface area contributed by atoms with E-state index in [-0.39, 0.29) is 11.9 Å². The SMILES string of the molecule is O=C1CC=C(CCCS(=O)CCCS(=O)CCCC2=CCC(=O)O2)O1. The fourth-order valence-electron chi connectivity index (χ4n) is 2.56. The first kappa shape index (κ1) is 20.0. The molecular weight excluding hydrogens is 364 g/mol. The molecule has 0 radical (unpaired) electrons. The maximum atomic E-state index is 11.9. The van der Waals surface area contributed by atoms with Crippen molar-refractivity contribution in [1.29, 1.82) is 0 Å².